The van der Waals surface area contributed by atoms with E-state index in [2.05, 4.69) is 51.1 Å². The van der Waals surface area contributed by atoms with Crippen LogP contribution in [0.15, 0.2) is 30.3 Å². The van der Waals surface area contributed by atoms with Crippen molar-refractivity contribution in [2.24, 2.45) is 23.2 Å². The van der Waals surface area contributed by atoms with Crippen LogP contribution in [-0.4, -0.2) is 0 Å². The predicted molar refractivity (Wildman–Crippen MR) is 68.3 cm³/mol. The van der Waals surface area contributed by atoms with Gasteiger partial charge in [-0.25, -0.2) is 0 Å². The molecule has 0 heterocycles. The molecule has 0 aliphatic heterocycles. The Morgan fingerprint density at radius 2 is 1.75 bits per heavy atom. The summed E-state index contributed by atoms with van der Waals surface area (Å²) in [5.74, 6) is 3.62. The van der Waals surface area contributed by atoms with Crippen molar-refractivity contribution in [3.05, 3.63) is 35.9 Å². The van der Waals surface area contributed by atoms with Gasteiger partial charge in [0.1, 0.15) is 0 Å². The molecule has 0 nitrogen and oxygen atoms in total. The molecule has 4 atom stereocenters. The highest BCUT2D eigenvalue weighted by Crippen LogP contribution is 2.63. The van der Waals surface area contributed by atoms with E-state index in [1.54, 1.807) is 5.56 Å². The van der Waals surface area contributed by atoms with E-state index < -0.39 is 0 Å². The lowest BCUT2D eigenvalue weighted by Gasteiger charge is -2.40. The Hall–Kier alpha value is -0.780. The Bertz CT molecular complexity index is 372. The first-order valence-electron chi connectivity index (χ1n) is 6.65. The van der Waals surface area contributed by atoms with Crippen molar-refractivity contribution in [2.75, 3.05) is 0 Å². The van der Waals surface area contributed by atoms with Crippen molar-refractivity contribution >= 4 is 0 Å². The minimum absolute atomic E-state index is 0.579. The Balaban J connectivity index is 1.89. The van der Waals surface area contributed by atoms with E-state index in [0.29, 0.717) is 5.41 Å². The highest BCUT2D eigenvalue weighted by Gasteiger charge is 2.54. The second-order valence-electron chi connectivity index (χ2n) is 6.46. The highest BCUT2D eigenvalue weighted by molar-refractivity contribution is 5.24. The monoisotopic (exact) mass is 214 g/mol. The molecule has 0 saturated heterocycles. The number of rotatable bonds is 1. The van der Waals surface area contributed by atoms with Crippen molar-refractivity contribution in [1.82, 2.24) is 0 Å². The molecule has 16 heavy (non-hydrogen) atoms. The van der Waals surface area contributed by atoms with Crippen molar-refractivity contribution in [2.45, 2.75) is 39.5 Å². The van der Waals surface area contributed by atoms with Gasteiger partial charge in [0.05, 0.1) is 0 Å². The van der Waals surface area contributed by atoms with Gasteiger partial charge in [0, 0.05) is 0 Å². The highest BCUT2D eigenvalue weighted by atomic mass is 14.6. The lowest BCUT2D eigenvalue weighted by molar-refractivity contribution is 0.122. The molecule has 0 spiro atoms. The van der Waals surface area contributed by atoms with Gasteiger partial charge in [-0.1, -0.05) is 51.1 Å². The number of hydrogen-bond acceptors (Lipinski definition) is 0. The van der Waals surface area contributed by atoms with E-state index in [9.17, 15) is 0 Å². The maximum atomic E-state index is 2.48. The SMILES string of the molecule is CC1C2CC(CC2c2ccccc2)C1(C)C. The Labute approximate surface area is 99.1 Å². The molecular weight excluding hydrogens is 192 g/mol. The van der Waals surface area contributed by atoms with Crippen LogP contribution in [0.2, 0.25) is 0 Å². The fourth-order valence-electron chi connectivity index (χ4n) is 4.24. The van der Waals surface area contributed by atoms with Crippen molar-refractivity contribution in [3.63, 3.8) is 0 Å². The third kappa shape index (κ3) is 1.28. The van der Waals surface area contributed by atoms with Gasteiger partial charge in [-0.15, -0.1) is 0 Å². The summed E-state index contributed by atoms with van der Waals surface area (Å²) in [5, 5.41) is 0. The van der Waals surface area contributed by atoms with Crippen LogP contribution in [-0.2, 0) is 0 Å². The molecule has 0 aromatic heterocycles. The molecule has 0 radical (unpaired) electrons. The maximum absolute atomic E-state index is 2.48. The maximum Gasteiger partial charge on any atom is -0.0128 e. The summed E-state index contributed by atoms with van der Waals surface area (Å²) in [7, 11) is 0. The topological polar surface area (TPSA) is 0 Å². The fourth-order valence-corrected chi connectivity index (χ4v) is 4.24. The first kappa shape index (κ1) is 10.4. The average molecular weight is 214 g/mol. The number of fused-ring (bicyclic) bond motifs is 2. The van der Waals surface area contributed by atoms with E-state index >= 15 is 0 Å². The summed E-state index contributed by atoms with van der Waals surface area (Å²) < 4.78 is 0. The summed E-state index contributed by atoms with van der Waals surface area (Å²) in [6, 6.07) is 11.2. The van der Waals surface area contributed by atoms with Crippen LogP contribution >= 0.6 is 0 Å². The average Bonchev–Trinajstić information content (AvgIpc) is 2.81. The van der Waals surface area contributed by atoms with Gasteiger partial charge >= 0.3 is 0 Å². The molecule has 2 bridgehead atoms. The Morgan fingerprint density at radius 1 is 1.06 bits per heavy atom. The van der Waals surface area contributed by atoms with Crippen LogP contribution in [0, 0.1) is 23.2 Å². The molecule has 2 aliphatic carbocycles. The summed E-state index contributed by atoms with van der Waals surface area (Å²) in [6.45, 7) is 7.42. The third-order valence-corrected chi connectivity index (χ3v) is 5.71. The zero-order valence-corrected chi connectivity index (χ0v) is 10.6. The molecular formula is C16H22. The first-order chi connectivity index (χ1) is 7.60. The van der Waals surface area contributed by atoms with Gasteiger partial charge in [-0.2, -0.15) is 0 Å². The molecule has 86 valence electrons. The summed E-state index contributed by atoms with van der Waals surface area (Å²) in [4.78, 5) is 0. The van der Waals surface area contributed by atoms with E-state index in [-0.39, 0.29) is 0 Å². The van der Waals surface area contributed by atoms with Crippen LogP contribution in [0.1, 0.15) is 45.1 Å². The zero-order valence-electron chi connectivity index (χ0n) is 10.6. The summed E-state index contributed by atoms with van der Waals surface area (Å²) in [6.07, 6.45) is 2.89. The van der Waals surface area contributed by atoms with Crippen LogP contribution in [0.5, 0.6) is 0 Å². The molecule has 1 aromatic carbocycles. The standard InChI is InChI=1S/C16H22/c1-11-14-9-13(16(11,2)3)10-15(14)12-7-5-4-6-8-12/h4-8,11,13-15H,9-10H2,1-3H3. The van der Waals surface area contributed by atoms with Gasteiger partial charge in [-0.3, -0.25) is 0 Å². The second-order valence-corrected chi connectivity index (χ2v) is 6.46. The van der Waals surface area contributed by atoms with Gasteiger partial charge in [0.2, 0.25) is 0 Å². The van der Waals surface area contributed by atoms with E-state index in [4.69, 9.17) is 0 Å². The zero-order chi connectivity index (χ0) is 11.3. The normalized spacial score (nSPS) is 40.2. The van der Waals surface area contributed by atoms with Crippen molar-refractivity contribution in [1.29, 1.82) is 0 Å². The largest absolute Gasteiger partial charge is 0.0622 e. The minimum Gasteiger partial charge on any atom is -0.0622 e. The fraction of sp³-hybridized carbons (Fsp3) is 0.625. The number of benzene rings is 1. The van der Waals surface area contributed by atoms with Crippen LogP contribution < -0.4 is 0 Å². The smallest absolute Gasteiger partial charge is 0.0128 e. The quantitative estimate of drug-likeness (QED) is 0.647. The molecule has 0 amide bonds. The predicted octanol–water partition coefficient (Wildman–Crippen LogP) is 4.47. The summed E-state index contributed by atoms with van der Waals surface area (Å²) in [5.41, 5.74) is 2.16. The lowest BCUT2D eigenvalue weighted by Crippen LogP contribution is -2.32. The van der Waals surface area contributed by atoms with Gasteiger partial charge in [-0.05, 0) is 47.5 Å². The number of hydrogen-bond donors (Lipinski definition) is 0. The van der Waals surface area contributed by atoms with Crippen LogP contribution in [0.25, 0.3) is 0 Å². The van der Waals surface area contributed by atoms with Crippen LogP contribution in [0.3, 0.4) is 0 Å². The third-order valence-electron chi connectivity index (χ3n) is 5.71. The molecule has 0 heteroatoms. The van der Waals surface area contributed by atoms with Crippen molar-refractivity contribution in [3.8, 4) is 0 Å². The molecule has 1 aromatic rings. The Morgan fingerprint density at radius 3 is 2.31 bits per heavy atom. The minimum atomic E-state index is 0.579. The van der Waals surface area contributed by atoms with Gasteiger partial charge < -0.3 is 0 Å². The molecule has 2 saturated carbocycles. The Kier molecular flexibility index (Phi) is 2.18. The molecule has 3 rings (SSSR count). The molecule has 4 unspecified atom stereocenters. The summed E-state index contributed by atoms with van der Waals surface area (Å²) >= 11 is 0. The van der Waals surface area contributed by atoms with E-state index in [0.717, 1.165) is 23.7 Å². The first-order valence-corrected chi connectivity index (χ1v) is 6.65. The molecule has 2 aliphatic rings. The van der Waals surface area contributed by atoms with E-state index in [1.807, 2.05) is 0 Å². The second kappa shape index (κ2) is 3.35. The lowest BCUT2D eigenvalue weighted by atomic mass is 9.65. The van der Waals surface area contributed by atoms with Crippen LogP contribution in [0.4, 0.5) is 0 Å². The van der Waals surface area contributed by atoms with Gasteiger partial charge in [0.25, 0.3) is 0 Å². The van der Waals surface area contributed by atoms with Crippen molar-refractivity contribution < 1.29 is 0 Å². The molecule has 2 fully saturated rings. The van der Waals surface area contributed by atoms with E-state index in [1.165, 1.54) is 12.8 Å². The molecule has 0 N–H and O–H groups in total. The van der Waals surface area contributed by atoms with Gasteiger partial charge in [0.15, 0.2) is 0 Å².